The number of ether oxygens (including phenoxy) is 2. The van der Waals surface area contributed by atoms with Crippen LogP contribution in [0.15, 0.2) is 42.7 Å². The molecule has 4 heterocycles. The second-order valence-corrected chi connectivity index (χ2v) is 9.89. The molecule has 0 unspecified atom stereocenters. The van der Waals surface area contributed by atoms with Crippen molar-refractivity contribution in [2.75, 3.05) is 19.7 Å². The highest BCUT2D eigenvalue weighted by atomic mass is 35.5. The van der Waals surface area contributed by atoms with Crippen LogP contribution < -0.4 is 4.74 Å². The summed E-state index contributed by atoms with van der Waals surface area (Å²) in [4.78, 5) is 18.8. The minimum atomic E-state index is -0.317. The van der Waals surface area contributed by atoms with Crippen LogP contribution in [0.1, 0.15) is 55.1 Å². The first-order chi connectivity index (χ1) is 14.4. The fourth-order valence-corrected chi connectivity index (χ4v) is 5.52. The topological polar surface area (TPSA) is 51.7 Å². The van der Waals surface area contributed by atoms with Gasteiger partial charge in [-0.15, -0.1) is 0 Å². The molecule has 1 amide bonds. The maximum Gasteiger partial charge on any atom is 0.253 e. The van der Waals surface area contributed by atoms with E-state index < -0.39 is 0 Å². The molecule has 30 heavy (non-hydrogen) atoms. The summed E-state index contributed by atoms with van der Waals surface area (Å²) >= 11 is 6.26. The SMILES string of the molecule is CC1(C)Oc2ccc(Cl)cc2[C@H]2OCC3(CCN(C(=O)c4ccncc4)CC3)C[C@@H]21. The lowest BCUT2D eigenvalue weighted by Gasteiger charge is -2.54. The molecule has 2 aromatic rings. The second-order valence-electron chi connectivity index (χ2n) is 9.46. The van der Waals surface area contributed by atoms with E-state index in [0.717, 1.165) is 43.7 Å². The number of aromatic nitrogens is 1. The molecule has 0 radical (unpaired) electrons. The summed E-state index contributed by atoms with van der Waals surface area (Å²) in [5, 5.41) is 0.711. The number of piperidine rings is 1. The van der Waals surface area contributed by atoms with E-state index in [0.29, 0.717) is 17.2 Å². The molecule has 1 spiro atoms. The Morgan fingerprint density at radius 3 is 2.63 bits per heavy atom. The Balaban J connectivity index is 1.33. The standard InChI is InChI=1S/C24H27ClN2O3/c1-23(2)19-14-24(15-29-21(19)18-13-17(25)3-4-20(18)30-23)7-11-27(12-8-24)22(28)16-5-9-26-10-6-16/h3-6,9-10,13,19,21H,7-8,11-12,14-15H2,1-2H3/t19-,21+/m0/s1. The number of amides is 1. The number of hydrogen-bond acceptors (Lipinski definition) is 4. The second kappa shape index (κ2) is 7.24. The number of likely N-dealkylation sites (tertiary alicyclic amines) is 1. The smallest absolute Gasteiger partial charge is 0.253 e. The maximum atomic E-state index is 12.8. The van der Waals surface area contributed by atoms with Crippen molar-refractivity contribution in [1.82, 2.24) is 9.88 Å². The lowest BCUT2D eigenvalue weighted by Crippen LogP contribution is -2.54. The molecule has 0 saturated carbocycles. The number of halogens is 1. The number of carbonyl (C=O) groups is 1. The molecule has 2 fully saturated rings. The van der Waals surface area contributed by atoms with Crippen LogP contribution in [-0.4, -0.2) is 41.1 Å². The Bertz CT molecular complexity index is 954. The normalized spacial score (nSPS) is 26.4. The Morgan fingerprint density at radius 1 is 1.17 bits per heavy atom. The first kappa shape index (κ1) is 19.8. The highest BCUT2D eigenvalue weighted by Gasteiger charge is 2.52. The average Bonchev–Trinajstić information content (AvgIpc) is 2.75. The predicted molar refractivity (Wildman–Crippen MR) is 115 cm³/mol. The molecule has 2 saturated heterocycles. The molecule has 1 aromatic heterocycles. The number of carbonyl (C=O) groups excluding carboxylic acids is 1. The van der Waals surface area contributed by atoms with Crippen molar-refractivity contribution < 1.29 is 14.3 Å². The molecule has 3 aliphatic rings. The number of benzene rings is 1. The van der Waals surface area contributed by atoms with E-state index in [1.54, 1.807) is 24.5 Å². The molecule has 158 valence electrons. The van der Waals surface area contributed by atoms with Gasteiger partial charge in [0.2, 0.25) is 0 Å². The van der Waals surface area contributed by atoms with Crippen molar-refractivity contribution in [3.8, 4) is 5.75 Å². The molecular weight excluding hydrogens is 400 g/mol. The van der Waals surface area contributed by atoms with Crippen molar-refractivity contribution in [3.05, 3.63) is 58.9 Å². The molecule has 1 aromatic carbocycles. The van der Waals surface area contributed by atoms with Crippen LogP contribution in [0, 0.1) is 11.3 Å². The highest BCUT2D eigenvalue weighted by Crippen LogP contribution is 2.55. The summed E-state index contributed by atoms with van der Waals surface area (Å²) in [6, 6.07) is 9.37. The van der Waals surface area contributed by atoms with Gasteiger partial charge in [-0.05, 0) is 68.9 Å². The fraction of sp³-hybridized carbons (Fsp3) is 0.500. The molecule has 5 rings (SSSR count). The number of nitrogens with zero attached hydrogens (tertiary/aromatic N) is 2. The van der Waals surface area contributed by atoms with Gasteiger partial charge in [0.25, 0.3) is 5.91 Å². The van der Waals surface area contributed by atoms with Crippen molar-refractivity contribution in [2.24, 2.45) is 11.3 Å². The Morgan fingerprint density at radius 2 is 1.90 bits per heavy atom. The molecule has 3 aliphatic heterocycles. The van der Waals surface area contributed by atoms with E-state index in [9.17, 15) is 4.79 Å². The third kappa shape index (κ3) is 3.38. The van der Waals surface area contributed by atoms with Gasteiger partial charge in [0.15, 0.2) is 0 Å². The van der Waals surface area contributed by atoms with E-state index in [1.165, 1.54) is 0 Å². The van der Waals surface area contributed by atoms with E-state index in [1.807, 2.05) is 23.1 Å². The van der Waals surface area contributed by atoms with E-state index in [4.69, 9.17) is 21.1 Å². The van der Waals surface area contributed by atoms with Crippen molar-refractivity contribution in [1.29, 1.82) is 0 Å². The van der Waals surface area contributed by atoms with Gasteiger partial charge < -0.3 is 14.4 Å². The van der Waals surface area contributed by atoms with Gasteiger partial charge in [0.1, 0.15) is 11.4 Å². The fourth-order valence-electron chi connectivity index (χ4n) is 5.34. The Hall–Kier alpha value is -2.11. The number of hydrogen-bond donors (Lipinski definition) is 0. The summed E-state index contributed by atoms with van der Waals surface area (Å²) in [5.41, 5.74) is 1.54. The predicted octanol–water partition coefficient (Wildman–Crippen LogP) is 4.91. The van der Waals surface area contributed by atoms with Crippen LogP contribution >= 0.6 is 11.6 Å². The van der Waals surface area contributed by atoms with E-state index in [-0.39, 0.29) is 28.9 Å². The van der Waals surface area contributed by atoms with Gasteiger partial charge in [0, 0.05) is 47.6 Å². The maximum absolute atomic E-state index is 12.8. The lowest BCUT2D eigenvalue weighted by molar-refractivity contribution is -0.173. The van der Waals surface area contributed by atoms with Gasteiger partial charge in [-0.25, -0.2) is 0 Å². The number of fused-ring (bicyclic) bond motifs is 3. The first-order valence-corrected chi connectivity index (χ1v) is 11.0. The zero-order chi connectivity index (χ0) is 20.9. The lowest BCUT2D eigenvalue weighted by atomic mass is 9.64. The molecule has 6 heteroatoms. The van der Waals surface area contributed by atoms with Gasteiger partial charge in [-0.2, -0.15) is 0 Å². The Labute approximate surface area is 182 Å². The molecule has 2 atom stereocenters. The molecular formula is C24H27ClN2O3. The van der Waals surface area contributed by atoms with E-state index >= 15 is 0 Å². The monoisotopic (exact) mass is 426 g/mol. The van der Waals surface area contributed by atoms with Gasteiger partial charge in [-0.1, -0.05) is 11.6 Å². The minimum Gasteiger partial charge on any atom is -0.487 e. The molecule has 0 bridgehead atoms. The van der Waals surface area contributed by atoms with Crippen molar-refractivity contribution in [3.63, 3.8) is 0 Å². The summed E-state index contributed by atoms with van der Waals surface area (Å²) in [7, 11) is 0. The zero-order valence-corrected chi connectivity index (χ0v) is 18.2. The number of pyridine rings is 1. The van der Waals surface area contributed by atoms with Gasteiger partial charge >= 0.3 is 0 Å². The molecule has 0 aliphatic carbocycles. The van der Waals surface area contributed by atoms with Crippen LogP contribution in [-0.2, 0) is 4.74 Å². The van der Waals surface area contributed by atoms with Crippen molar-refractivity contribution >= 4 is 17.5 Å². The minimum absolute atomic E-state index is 0.00422. The summed E-state index contributed by atoms with van der Waals surface area (Å²) in [6.45, 7) is 6.55. The van der Waals surface area contributed by atoms with Crippen LogP contribution in [0.25, 0.3) is 0 Å². The highest BCUT2D eigenvalue weighted by molar-refractivity contribution is 6.30. The summed E-state index contributed by atoms with van der Waals surface area (Å²) < 4.78 is 12.9. The third-order valence-corrected chi connectivity index (χ3v) is 7.41. The third-order valence-electron chi connectivity index (χ3n) is 7.17. The quantitative estimate of drug-likeness (QED) is 0.650. The van der Waals surface area contributed by atoms with Crippen LogP contribution in [0.3, 0.4) is 0 Å². The zero-order valence-electron chi connectivity index (χ0n) is 17.4. The average molecular weight is 427 g/mol. The van der Waals surface area contributed by atoms with Gasteiger partial charge in [-0.3, -0.25) is 9.78 Å². The van der Waals surface area contributed by atoms with Crippen LogP contribution in [0.2, 0.25) is 5.02 Å². The number of rotatable bonds is 1. The van der Waals surface area contributed by atoms with Crippen molar-refractivity contribution in [2.45, 2.75) is 44.8 Å². The van der Waals surface area contributed by atoms with Gasteiger partial charge in [0.05, 0.1) is 12.7 Å². The summed E-state index contributed by atoms with van der Waals surface area (Å²) in [6.07, 6.45) is 6.28. The summed E-state index contributed by atoms with van der Waals surface area (Å²) in [5.74, 6) is 1.21. The van der Waals surface area contributed by atoms with Crippen LogP contribution in [0.5, 0.6) is 5.75 Å². The van der Waals surface area contributed by atoms with Crippen LogP contribution in [0.4, 0.5) is 0 Å². The Kier molecular flexibility index (Phi) is 4.79. The molecule has 0 N–H and O–H groups in total. The largest absolute Gasteiger partial charge is 0.487 e. The first-order valence-electron chi connectivity index (χ1n) is 10.7. The molecule has 5 nitrogen and oxygen atoms in total. The van der Waals surface area contributed by atoms with E-state index in [2.05, 4.69) is 18.8 Å².